The van der Waals surface area contributed by atoms with Gasteiger partial charge < -0.3 is 19.9 Å². The maximum atomic E-state index is 13.8. The van der Waals surface area contributed by atoms with Crippen molar-refractivity contribution >= 4 is 39.5 Å². The number of hydrogen-bond acceptors (Lipinski definition) is 9. The SMILES string of the molecule is CCCCOc1ccc(N2CCN(S(=O)(=O)C3(C(=O)NO)CCN(C(=O)N4CCNC(=O)C4=O)CC3)CC2)cc1. The Morgan fingerprint density at radius 2 is 1.68 bits per heavy atom. The Hall–Kier alpha value is -3.43. The number of benzene rings is 1. The first kappa shape index (κ1) is 29.6. The van der Waals surface area contributed by atoms with E-state index < -0.39 is 38.5 Å². The Morgan fingerprint density at radius 3 is 2.27 bits per heavy atom. The number of nitrogens with one attached hydrogen (secondary N) is 2. The molecule has 0 bridgehead atoms. The number of carbonyl (C=O) groups is 4. The molecule has 4 rings (SSSR count). The van der Waals surface area contributed by atoms with E-state index in [9.17, 15) is 32.8 Å². The Morgan fingerprint density at radius 1 is 1.02 bits per heavy atom. The van der Waals surface area contributed by atoms with Crippen molar-refractivity contribution in [3.63, 3.8) is 0 Å². The monoisotopic (exact) mass is 580 g/mol. The molecule has 0 aliphatic carbocycles. The fourth-order valence-electron chi connectivity index (χ4n) is 5.22. The van der Waals surface area contributed by atoms with Gasteiger partial charge in [0, 0.05) is 58.0 Å². The molecule has 14 nitrogen and oxygen atoms in total. The second-order valence-corrected chi connectivity index (χ2v) is 12.3. The summed E-state index contributed by atoms with van der Waals surface area (Å²) >= 11 is 0. The lowest BCUT2D eigenvalue weighted by atomic mass is 9.95. The topological polar surface area (TPSA) is 169 Å². The zero-order valence-corrected chi connectivity index (χ0v) is 23.3. The van der Waals surface area contributed by atoms with E-state index in [1.54, 1.807) is 0 Å². The van der Waals surface area contributed by atoms with Crippen LogP contribution in [0.5, 0.6) is 5.75 Å². The molecule has 0 aromatic heterocycles. The number of sulfonamides is 1. The van der Waals surface area contributed by atoms with Crippen LogP contribution in [0.15, 0.2) is 24.3 Å². The van der Waals surface area contributed by atoms with Crippen molar-refractivity contribution in [1.29, 1.82) is 0 Å². The van der Waals surface area contributed by atoms with Crippen LogP contribution >= 0.6 is 0 Å². The molecule has 0 saturated carbocycles. The Kier molecular flexibility index (Phi) is 9.15. The van der Waals surface area contributed by atoms with E-state index in [1.165, 1.54) is 14.7 Å². The number of amides is 5. The summed E-state index contributed by atoms with van der Waals surface area (Å²) in [5, 5.41) is 11.8. The number of piperazine rings is 2. The fourth-order valence-corrected chi connectivity index (χ4v) is 7.34. The molecule has 15 heteroatoms. The van der Waals surface area contributed by atoms with Gasteiger partial charge in [-0.2, -0.15) is 4.31 Å². The van der Waals surface area contributed by atoms with Crippen LogP contribution in [0.2, 0.25) is 0 Å². The van der Waals surface area contributed by atoms with Crippen LogP contribution < -0.4 is 20.4 Å². The zero-order chi connectivity index (χ0) is 28.9. The van der Waals surface area contributed by atoms with Gasteiger partial charge in [0.25, 0.3) is 5.91 Å². The quantitative estimate of drug-likeness (QED) is 0.162. The Balaban J connectivity index is 1.40. The molecule has 220 valence electrons. The van der Waals surface area contributed by atoms with Crippen LogP contribution in [0.3, 0.4) is 0 Å². The highest BCUT2D eigenvalue weighted by molar-refractivity contribution is 7.91. The van der Waals surface area contributed by atoms with Crippen LogP contribution in [0.25, 0.3) is 0 Å². The van der Waals surface area contributed by atoms with Crippen LogP contribution in [0.4, 0.5) is 10.5 Å². The number of unbranched alkanes of at least 4 members (excludes halogenated alkanes) is 1. The number of rotatable bonds is 8. The summed E-state index contributed by atoms with van der Waals surface area (Å²) in [6, 6.07) is 6.90. The fraction of sp³-hybridized carbons (Fsp3) is 0.600. The van der Waals surface area contributed by atoms with Crippen molar-refractivity contribution in [3.05, 3.63) is 24.3 Å². The Bertz CT molecular complexity index is 1210. The number of ether oxygens (including phenoxy) is 1. The molecular weight excluding hydrogens is 544 g/mol. The number of hydroxylamine groups is 1. The van der Waals surface area contributed by atoms with Gasteiger partial charge >= 0.3 is 17.8 Å². The average Bonchev–Trinajstić information content (AvgIpc) is 2.98. The molecule has 40 heavy (non-hydrogen) atoms. The smallest absolute Gasteiger partial charge is 0.327 e. The molecule has 3 saturated heterocycles. The van der Waals surface area contributed by atoms with E-state index >= 15 is 0 Å². The minimum Gasteiger partial charge on any atom is -0.494 e. The van der Waals surface area contributed by atoms with Gasteiger partial charge in [0.2, 0.25) is 10.0 Å². The van der Waals surface area contributed by atoms with Crippen LogP contribution in [0, 0.1) is 0 Å². The molecule has 0 atom stereocenters. The average molecular weight is 581 g/mol. The highest BCUT2D eigenvalue weighted by Crippen LogP contribution is 2.35. The molecule has 0 unspecified atom stereocenters. The van der Waals surface area contributed by atoms with Crippen LogP contribution in [-0.2, 0) is 24.4 Å². The number of anilines is 1. The van der Waals surface area contributed by atoms with Gasteiger partial charge in [-0.15, -0.1) is 0 Å². The second kappa shape index (κ2) is 12.4. The minimum atomic E-state index is -4.24. The molecule has 0 radical (unpaired) electrons. The van der Waals surface area contributed by atoms with Crippen molar-refractivity contribution in [3.8, 4) is 5.75 Å². The molecule has 3 heterocycles. The summed E-state index contributed by atoms with van der Waals surface area (Å²) in [5.74, 6) is -2.16. The van der Waals surface area contributed by atoms with Crippen molar-refractivity contribution in [1.82, 2.24) is 24.9 Å². The lowest BCUT2D eigenvalue weighted by molar-refractivity contribution is -0.146. The van der Waals surface area contributed by atoms with E-state index in [1.807, 2.05) is 29.2 Å². The molecule has 3 N–H and O–H groups in total. The number of imide groups is 1. The van der Waals surface area contributed by atoms with Gasteiger partial charge in [-0.25, -0.2) is 18.7 Å². The third-order valence-corrected chi connectivity index (χ3v) is 10.3. The molecule has 5 amide bonds. The first-order valence-electron chi connectivity index (χ1n) is 13.5. The van der Waals surface area contributed by atoms with E-state index in [0.717, 1.165) is 29.2 Å². The summed E-state index contributed by atoms with van der Waals surface area (Å²) in [4.78, 5) is 53.6. The van der Waals surface area contributed by atoms with E-state index in [4.69, 9.17) is 4.74 Å². The molecule has 1 aromatic rings. The maximum Gasteiger partial charge on any atom is 0.327 e. The number of nitrogens with zero attached hydrogens (tertiary/aromatic N) is 4. The first-order valence-corrected chi connectivity index (χ1v) is 14.9. The molecule has 1 aromatic carbocycles. The molecule has 0 spiro atoms. The normalized spacial score (nSPS) is 20.2. The predicted molar refractivity (Wildman–Crippen MR) is 143 cm³/mol. The molecule has 3 fully saturated rings. The highest BCUT2D eigenvalue weighted by Gasteiger charge is 2.56. The van der Waals surface area contributed by atoms with Gasteiger partial charge in [0.15, 0.2) is 4.75 Å². The third-order valence-electron chi connectivity index (χ3n) is 7.69. The van der Waals surface area contributed by atoms with Crippen molar-refractivity contribution < 1.29 is 37.5 Å². The van der Waals surface area contributed by atoms with Gasteiger partial charge in [-0.1, -0.05) is 13.3 Å². The minimum absolute atomic E-state index is 0.000635. The van der Waals surface area contributed by atoms with Crippen LogP contribution in [0.1, 0.15) is 32.6 Å². The standard InChI is InChI=1S/C25H36N6O8S/c1-2-3-18-39-20-6-4-19(5-7-20)28-14-16-30(17-15-28)40(37,38)25(23(34)27-36)8-11-29(12-9-25)24(35)31-13-10-26-21(32)22(31)33/h4-7,36H,2-3,8-18H2,1H3,(H,26,32)(H,27,34). The summed E-state index contributed by atoms with van der Waals surface area (Å²) in [5.41, 5.74) is 2.44. The van der Waals surface area contributed by atoms with Gasteiger partial charge in [0.05, 0.1) is 6.61 Å². The van der Waals surface area contributed by atoms with E-state index in [2.05, 4.69) is 12.2 Å². The van der Waals surface area contributed by atoms with Gasteiger partial charge in [0.1, 0.15) is 5.75 Å². The number of piperidine rings is 1. The number of urea groups is 1. The summed E-state index contributed by atoms with van der Waals surface area (Å²) < 4.78 is 32.7. The number of likely N-dealkylation sites (tertiary alicyclic amines) is 1. The molecular formula is C25H36N6O8S. The Labute approximate surface area is 233 Å². The van der Waals surface area contributed by atoms with Gasteiger partial charge in [-0.3, -0.25) is 24.5 Å². The summed E-state index contributed by atoms with van der Waals surface area (Å²) in [6.07, 6.45) is 1.46. The summed E-state index contributed by atoms with van der Waals surface area (Å²) in [7, 11) is -4.24. The third kappa shape index (κ3) is 5.71. The van der Waals surface area contributed by atoms with Crippen molar-refractivity contribution in [2.45, 2.75) is 37.4 Å². The largest absolute Gasteiger partial charge is 0.494 e. The number of hydrogen-bond donors (Lipinski definition) is 3. The van der Waals surface area contributed by atoms with Crippen LogP contribution in [-0.4, -0.2) is 115 Å². The molecule has 3 aliphatic heterocycles. The maximum absolute atomic E-state index is 13.8. The number of carbonyl (C=O) groups excluding carboxylic acids is 4. The summed E-state index contributed by atoms with van der Waals surface area (Å²) in [6.45, 7) is 3.64. The predicted octanol–water partition coefficient (Wildman–Crippen LogP) is -0.264. The van der Waals surface area contributed by atoms with Crippen molar-refractivity contribution in [2.75, 3.05) is 63.9 Å². The first-order chi connectivity index (χ1) is 19.1. The lowest BCUT2D eigenvalue weighted by Gasteiger charge is -2.44. The highest BCUT2D eigenvalue weighted by atomic mass is 32.2. The van der Waals surface area contributed by atoms with E-state index in [0.29, 0.717) is 19.7 Å². The second-order valence-electron chi connectivity index (χ2n) is 10.0. The van der Waals surface area contributed by atoms with E-state index in [-0.39, 0.29) is 52.1 Å². The zero-order valence-electron chi connectivity index (χ0n) is 22.5. The molecule has 3 aliphatic rings. The lowest BCUT2D eigenvalue weighted by Crippen LogP contribution is -2.65. The van der Waals surface area contributed by atoms with Gasteiger partial charge in [-0.05, 0) is 43.5 Å². The van der Waals surface area contributed by atoms with Crippen molar-refractivity contribution in [2.24, 2.45) is 0 Å².